The highest BCUT2D eigenvalue weighted by Crippen LogP contribution is 2.25. The van der Waals surface area contributed by atoms with Crippen LogP contribution >= 0.6 is 11.8 Å². The number of carbonyl (C=O) groups excluding carboxylic acids is 1. The van der Waals surface area contributed by atoms with Crippen molar-refractivity contribution in [1.82, 2.24) is 10.2 Å². The molecule has 0 aromatic rings. The number of rotatable bonds is 1. The zero-order chi connectivity index (χ0) is 9.97. The lowest BCUT2D eigenvalue weighted by Gasteiger charge is -2.35. The third kappa shape index (κ3) is 2.06. The Morgan fingerprint density at radius 3 is 3.07 bits per heavy atom. The molecule has 2 aliphatic rings. The van der Waals surface area contributed by atoms with Crippen LogP contribution in [0.2, 0.25) is 0 Å². The van der Waals surface area contributed by atoms with E-state index in [4.69, 9.17) is 0 Å². The van der Waals surface area contributed by atoms with Crippen LogP contribution in [0, 0.1) is 5.92 Å². The molecule has 4 heteroatoms. The Labute approximate surface area is 89.6 Å². The van der Waals surface area contributed by atoms with E-state index < -0.39 is 0 Å². The second-order valence-electron chi connectivity index (χ2n) is 4.15. The molecule has 0 aliphatic carbocycles. The summed E-state index contributed by atoms with van der Waals surface area (Å²) in [7, 11) is 0. The second-order valence-corrected chi connectivity index (χ2v) is 5.30. The molecule has 0 aromatic heterocycles. The Morgan fingerprint density at radius 1 is 1.57 bits per heavy atom. The van der Waals surface area contributed by atoms with E-state index in [9.17, 15) is 4.79 Å². The van der Waals surface area contributed by atoms with Crippen LogP contribution < -0.4 is 5.32 Å². The van der Waals surface area contributed by atoms with Gasteiger partial charge in [-0.15, -0.1) is 0 Å². The predicted octanol–water partition coefficient (Wildman–Crippen LogP) is 0.560. The molecule has 0 saturated carbocycles. The quantitative estimate of drug-likeness (QED) is 0.692. The van der Waals surface area contributed by atoms with Gasteiger partial charge in [0.1, 0.15) is 0 Å². The van der Waals surface area contributed by atoms with Crippen molar-refractivity contribution in [2.45, 2.75) is 19.4 Å². The zero-order valence-electron chi connectivity index (χ0n) is 8.66. The van der Waals surface area contributed by atoms with Crippen LogP contribution in [0.15, 0.2) is 0 Å². The van der Waals surface area contributed by atoms with Crippen LogP contribution in [0.3, 0.4) is 0 Å². The standard InChI is InChI=1S/C10H18N2OS/c1-8-6-11-3-4-12(8)10(13)9-2-5-14-7-9/h8-9,11H,2-7H2,1H3/t8-,9?/m1/s1. The maximum atomic E-state index is 12.1. The molecule has 0 radical (unpaired) electrons. The SMILES string of the molecule is C[C@@H]1CNCCN1C(=O)C1CCSC1. The van der Waals surface area contributed by atoms with E-state index in [2.05, 4.69) is 17.1 Å². The minimum atomic E-state index is 0.306. The highest BCUT2D eigenvalue weighted by molar-refractivity contribution is 7.99. The Kier molecular flexibility index (Phi) is 3.34. The van der Waals surface area contributed by atoms with E-state index in [-0.39, 0.29) is 0 Å². The highest BCUT2D eigenvalue weighted by Gasteiger charge is 2.31. The van der Waals surface area contributed by atoms with Crippen molar-refractivity contribution < 1.29 is 4.79 Å². The van der Waals surface area contributed by atoms with Crippen LogP contribution in [0.1, 0.15) is 13.3 Å². The molecule has 80 valence electrons. The minimum absolute atomic E-state index is 0.306. The molecule has 3 nitrogen and oxygen atoms in total. The average molecular weight is 214 g/mol. The van der Waals surface area contributed by atoms with Gasteiger partial charge in [-0.25, -0.2) is 0 Å². The molecule has 2 rings (SSSR count). The summed E-state index contributed by atoms with van der Waals surface area (Å²) >= 11 is 1.91. The Morgan fingerprint density at radius 2 is 2.43 bits per heavy atom. The molecule has 1 unspecified atom stereocenters. The fourth-order valence-electron chi connectivity index (χ4n) is 2.13. The van der Waals surface area contributed by atoms with Crippen LogP contribution in [-0.2, 0) is 4.79 Å². The van der Waals surface area contributed by atoms with Crippen LogP contribution in [0.25, 0.3) is 0 Å². The molecule has 0 bridgehead atoms. The van der Waals surface area contributed by atoms with Crippen molar-refractivity contribution in [2.75, 3.05) is 31.1 Å². The number of thioether (sulfide) groups is 1. The fourth-order valence-corrected chi connectivity index (χ4v) is 3.34. The van der Waals surface area contributed by atoms with Crippen molar-refractivity contribution >= 4 is 17.7 Å². The number of nitrogens with zero attached hydrogens (tertiary/aromatic N) is 1. The smallest absolute Gasteiger partial charge is 0.226 e. The number of hydrogen-bond donors (Lipinski definition) is 1. The molecular formula is C10H18N2OS. The summed E-state index contributed by atoms with van der Waals surface area (Å²) in [6, 6.07) is 0.377. The first-order chi connectivity index (χ1) is 6.79. The van der Waals surface area contributed by atoms with Gasteiger partial charge >= 0.3 is 0 Å². The maximum Gasteiger partial charge on any atom is 0.226 e. The van der Waals surface area contributed by atoms with Crippen LogP contribution in [-0.4, -0.2) is 48.0 Å². The average Bonchev–Trinajstić information content (AvgIpc) is 2.70. The predicted molar refractivity (Wildman–Crippen MR) is 59.5 cm³/mol. The Bertz CT molecular complexity index is 216. The molecule has 2 aliphatic heterocycles. The van der Waals surface area contributed by atoms with Gasteiger partial charge < -0.3 is 10.2 Å². The van der Waals surface area contributed by atoms with Gasteiger partial charge in [0.15, 0.2) is 0 Å². The Balaban J connectivity index is 1.94. The monoisotopic (exact) mass is 214 g/mol. The first kappa shape index (κ1) is 10.3. The van der Waals surface area contributed by atoms with Gasteiger partial charge in [-0.3, -0.25) is 4.79 Å². The summed E-state index contributed by atoms with van der Waals surface area (Å²) in [5, 5.41) is 3.31. The summed E-state index contributed by atoms with van der Waals surface area (Å²) in [6.07, 6.45) is 1.08. The summed E-state index contributed by atoms with van der Waals surface area (Å²) in [4.78, 5) is 14.2. The van der Waals surface area contributed by atoms with Gasteiger partial charge in [0.05, 0.1) is 0 Å². The summed E-state index contributed by atoms with van der Waals surface area (Å²) in [5.74, 6) is 2.90. The van der Waals surface area contributed by atoms with Crippen molar-refractivity contribution in [3.05, 3.63) is 0 Å². The number of nitrogens with one attached hydrogen (secondary N) is 1. The number of hydrogen-bond acceptors (Lipinski definition) is 3. The molecule has 2 heterocycles. The lowest BCUT2D eigenvalue weighted by Crippen LogP contribution is -2.53. The third-order valence-electron chi connectivity index (χ3n) is 3.06. The molecule has 2 fully saturated rings. The minimum Gasteiger partial charge on any atom is -0.337 e. The van der Waals surface area contributed by atoms with Gasteiger partial charge in [0.2, 0.25) is 5.91 Å². The summed E-state index contributed by atoms with van der Waals surface area (Å²) in [6.45, 7) is 4.93. The van der Waals surface area contributed by atoms with Gasteiger partial charge in [-0.2, -0.15) is 11.8 Å². The molecule has 14 heavy (non-hydrogen) atoms. The van der Waals surface area contributed by atoms with Gasteiger partial charge in [-0.1, -0.05) is 0 Å². The Hall–Kier alpha value is -0.220. The molecule has 0 spiro atoms. The summed E-state index contributed by atoms with van der Waals surface area (Å²) < 4.78 is 0. The molecule has 1 N–H and O–H groups in total. The second kappa shape index (κ2) is 4.53. The molecule has 2 saturated heterocycles. The third-order valence-corrected chi connectivity index (χ3v) is 4.23. The lowest BCUT2D eigenvalue weighted by molar-refractivity contribution is -0.137. The largest absolute Gasteiger partial charge is 0.337 e. The zero-order valence-corrected chi connectivity index (χ0v) is 9.48. The maximum absolute atomic E-state index is 12.1. The lowest BCUT2D eigenvalue weighted by atomic mass is 10.1. The van der Waals surface area contributed by atoms with E-state index in [1.54, 1.807) is 0 Å². The van der Waals surface area contributed by atoms with Gasteiger partial charge in [-0.05, 0) is 19.1 Å². The molecular weight excluding hydrogens is 196 g/mol. The highest BCUT2D eigenvalue weighted by atomic mass is 32.2. The van der Waals surface area contributed by atoms with E-state index >= 15 is 0 Å². The van der Waals surface area contributed by atoms with Crippen LogP contribution in [0.5, 0.6) is 0 Å². The number of piperazine rings is 1. The first-order valence-electron chi connectivity index (χ1n) is 5.38. The van der Waals surface area contributed by atoms with Crippen LogP contribution in [0.4, 0.5) is 0 Å². The molecule has 2 atom stereocenters. The number of carbonyl (C=O) groups is 1. The number of amides is 1. The molecule has 0 aromatic carbocycles. The van der Waals surface area contributed by atoms with Crippen molar-refractivity contribution in [3.8, 4) is 0 Å². The fraction of sp³-hybridized carbons (Fsp3) is 0.900. The summed E-state index contributed by atoms with van der Waals surface area (Å²) in [5.41, 5.74) is 0. The van der Waals surface area contributed by atoms with E-state index in [1.807, 2.05) is 11.8 Å². The normalized spacial score (nSPS) is 33.4. The van der Waals surface area contributed by atoms with E-state index in [0.29, 0.717) is 17.9 Å². The van der Waals surface area contributed by atoms with Gasteiger partial charge in [0.25, 0.3) is 0 Å². The topological polar surface area (TPSA) is 32.3 Å². The van der Waals surface area contributed by atoms with Gasteiger partial charge in [0, 0.05) is 37.3 Å². The first-order valence-corrected chi connectivity index (χ1v) is 6.53. The van der Waals surface area contributed by atoms with Crippen molar-refractivity contribution in [2.24, 2.45) is 5.92 Å². The molecule has 1 amide bonds. The van der Waals surface area contributed by atoms with Crippen molar-refractivity contribution in [3.63, 3.8) is 0 Å². The van der Waals surface area contributed by atoms with Crippen molar-refractivity contribution in [1.29, 1.82) is 0 Å². The van der Waals surface area contributed by atoms with E-state index in [1.165, 1.54) is 0 Å². The van der Waals surface area contributed by atoms with E-state index in [0.717, 1.165) is 37.6 Å².